The van der Waals surface area contributed by atoms with Gasteiger partial charge in [-0.3, -0.25) is 0 Å². The quantitative estimate of drug-likeness (QED) is 0.805. The van der Waals surface area contributed by atoms with Crippen LogP contribution in [0.25, 0.3) is 0 Å². The smallest absolute Gasteiger partial charge is 0.327 e. The summed E-state index contributed by atoms with van der Waals surface area (Å²) in [4.78, 5) is 26.6. The predicted octanol–water partition coefficient (Wildman–Crippen LogP) is 1.09. The molecule has 1 aliphatic carbocycles. The predicted molar refractivity (Wildman–Crippen MR) is 66.3 cm³/mol. The summed E-state index contributed by atoms with van der Waals surface area (Å²) in [5.41, 5.74) is 0. The average Bonchev–Trinajstić information content (AvgIpc) is 2.25. The summed E-state index contributed by atoms with van der Waals surface area (Å²) in [7, 11) is 1.78. The molecule has 96 valence electrons. The van der Waals surface area contributed by atoms with E-state index in [-0.39, 0.29) is 6.03 Å². The highest BCUT2D eigenvalue weighted by Gasteiger charge is 2.36. The second-order valence-electron chi connectivity index (χ2n) is 4.60. The molecular formula is C11H18N2O3S. The van der Waals surface area contributed by atoms with Gasteiger partial charge in [0.05, 0.1) is 0 Å². The van der Waals surface area contributed by atoms with Crippen LogP contribution in [0.15, 0.2) is 0 Å². The highest BCUT2D eigenvalue weighted by Crippen LogP contribution is 2.26. The fourth-order valence-electron chi connectivity index (χ4n) is 2.17. The maximum absolute atomic E-state index is 12.2. The Morgan fingerprint density at radius 1 is 1.41 bits per heavy atom. The van der Waals surface area contributed by atoms with Crippen molar-refractivity contribution in [2.24, 2.45) is 0 Å². The van der Waals surface area contributed by atoms with Crippen molar-refractivity contribution in [2.45, 2.75) is 31.3 Å². The van der Waals surface area contributed by atoms with Gasteiger partial charge < -0.3 is 14.9 Å². The van der Waals surface area contributed by atoms with Gasteiger partial charge in [-0.15, -0.1) is 0 Å². The minimum absolute atomic E-state index is 0.123. The number of hydrogen-bond donors (Lipinski definition) is 1. The molecule has 2 rings (SSSR count). The second kappa shape index (κ2) is 5.16. The molecule has 0 spiro atoms. The van der Waals surface area contributed by atoms with Crippen molar-refractivity contribution in [1.82, 2.24) is 9.80 Å². The van der Waals surface area contributed by atoms with E-state index in [2.05, 4.69) is 0 Å². The summed E-state index contributed by atoms with van der Waals surface area (Å²) in [6, 6.07) is -0.474. The minimum Gasteiger partial charge on any atom is -0.480 e. The standard InChI is InChI=1S/C11H18N2O3S/c1-12(8-3-2-4-8)11(16)13-5-6-17-7-9(13)10(14)15/h8-9H,2-7H2,1H3,(H,14,15). The zero-order valence-electron chi connectivity index (χ0n) is 9.96. The van der Waals surface area contributed by atoms with Gasteiger partial charge >= 0.3 is 12.0 Å². The van der Waals surface area contributed by atoms with Crippen LogP contribution in [0.3, 0.4) is 0 Å². The maximum atomic E-state index is 12.2. The molecule has 17 heavy (non-hydrogen) atoms. The van der Waals surface area contributed by atoms with Gasteiger partial charge in [0.15, 0.2) is 0 Å². The minimum atomic E-state index is -0.896. The van der Waals surface area contributed by atoms with Crippen LogP contribution in [-0.4, -0.2) is 64.1 Å². The molecular weight excluding hydrogens is 240 g/mol. The lowest BCUT2D eigenvalue weighted by molar-refractivity contribution is -0.141. The van der Waals surface area contributed by atoms with E-state index in [4.69, 9.17) is 5.11 Å². The van der Waals surface area contributed by atoms with E-state index < -0.39 is 12.0 Å². The van der Waals surface area contributed by atoms with Crippen molar-refractivity contribution < 1.29 is 14.7 Å². The lowest BCUT2D eigenvalue weighted by Gasteiger charge is -2.41. The Morgan fingerprint density at radius 2 is 2.12 bits per heavy atom. The maximum Gasteiger partial charge on any atom is 0.327 e. The van der Waals surface area contributed by atoms with E-state index in [1.54, 1.807) is 23.7 Å². The summed E-state index contributed by atoms with van der Waals surface area (Å²) in [6.45, 7) is 0.539. The molecule has 1 N–H and O–H groups in total. The van der Waals surface area contributed by atoms with Crippen molar-refractivity contribution >= 4 is 23.8 Å². The molecule has 0 radical (unpaired) electrons. The van der Waals surface area contributed by atoms with Crippen LogP contribution in [0, 0.1) is 0 Å². The van der Waals surface area contributed by atoms with E-state index in [0.717, 1.165) is 18.6 Å². The molecule has 2 fully saturated rings. The third-order valence-corrected chi connectivity index (χ3v) is 4.61. The topological polar surface area (TPSA) is 60.9 Å². The van der Waals surface area contributed by atoms with Crippen molar-refractivity contribution in [2.75, 3.05) is 25.1 Å². The molecule has 1 unspecified atom stereocenters. The van der Waals surface area contributed by atoms with E-state index in [9.17, 15) is 9.59 Å². The third-order valence-electron chi connectivity index (χ3n) is 3.58. The second-order valence-corrected chi connectivity index (χ2v) is 5.75. The summed E-state index contributed by atoms with van der Waals surface area (Å²) in [5.74, 6) is 0.431. The Kier molecular flexibility index (Phi) is 3.81. The highest BCUT2D eigenvalue weighted by molar-refractivity contribution is 7.99. The van der Waals surface area contributed by atoms with Gasteiger partial charge in [-0.05, 0) is 19.3 Å². The third kappa shape index (κ3) is 2.51. The first-order chi connectivity index (χ1) is 8.11. The van der Waals surface area contributed by atoms with Gasteiger partial charge in [0.25, 0.3) is 0 Å². The van der Waals surface area contributed by atoms with Gasteiger partial charge in [0.2, 0.25) is 0 Å². The normalized spacial score (nSPS) is 25.2. The molecule has 1 atom stereocenters. The van der Waals surface area contributed by atoms with E-state index in [1.165, 1.54) is 11.3 Å². The number of nitrogens with zero attached hydrogens (tertiary/aromatic N) is 2. The zero-order chi connectivity index (χ0) is 12.4. The van der Waals surface area contributed by atoms with Crippen LogP contribution >= 0.6 is 11.8 Å². The monoisotopic (exact) mass is 258 g/mol. The molecule has 2 amide bonds. The van der Waals surface area contributed by atoms with Crippen LogP contribution in [-0.2, 0) is 4.79 Å². The van der Waals surface area contributed by atoms with Crippen molar-refractivity contribution in [1.29, 1.82) is 0 Å². The van der Waals surface area contributed by atoms with Gasteiger partial charge in [0.1, 0.15) is 6.04 Å². The number of thioether (sulfide) groups is 1. The number of aliphatic carboxylic acids is 1. The number of urea groups is 1. The van der Waals surface area contributed by atoms with Crippen LogP contribution in [0.2, 0.25) is 0 Å². The lowest BCUT2D eigenvalue weighted by Crippen LogP contribution is -2.56. The molecule has 1 saturated heterocycles. The molecule has 0 aromatic heterocycles. The molecule has 2 aliphatic rings. The summed E-state index contributed by atoms with van der Waals surface area (Å²) in [5, 5.41) is 9.12. The fraction of sp³-hybridized carbons (Fsp3) is 0.818. The summed E-state index contributed by atoms with van der Waals surface area (Å²) in [6.07, 6.45) is 3.26. The van der Waals surface area contributed by atoms with Crippen molar-refractivity contribution in [3.8, 4) is 0 Å². The van der Waals surface area contributed by atoms with Crippen LogP contribution in [0.4, 0.5) is 4.79 Å². The first kappa shape index (κ1) is 12.5. The van der Waals surface area contributed by atoms with Gasteiger partial charge in [0, 0.05) is 31.1 Å². The first-order valence-electron chi connectivity index (χ1n) is 5.95. The molecule has 0 aromatic rings. The van der Waals surface area contributed by atoms with Crippen molar-refractivity contribution in [3.63, 3.8) is 0 Å². The van der Waals surface area contributed by atoms with Crippen LogP contribution < -0.4 is 0 Å². The fourth-order valence-corrected chi connectivity index (χ4v) is 3.21. The Morgan fingerprint density at radius 3 is 2.65 bits per heavy atom. The van der Waals surface area contributed by atoms with Gasteiger partial charge in [-0.25, -0.2) is 9.59 Å². The molecule has 6 heteroatoms. The molecule has 1 saturated carbocycles. The molecule has 1 heterocycles. The number of carboxylic acids is 1. The first-order valence-corrected chi connectivity index (χ1v) is 7.10. The highest BCUT2D eigenvalue weighted by atomic mass is 32.2. The Hall–Kier alpha value is -0.910. The Balaban J connectivity index is 2.02. The number of carbonyl (C=O) groups is 2. The molecule has 1 aliphatic heterocycles. The van der Waals surface area contributed by atoms with E-state index in [0.29, 0.717) is 18.3 Å². The number of carbonyl (C=O) groups excluding carboxylic acids is 1. The van der Waals surface area contributed by atoms with Crippen LogP contribution in [0.1, 0.15) is 19.3 Å². The number of hydrogen-bond acceptors (Lipinski definition) is 3. The average molecular weight is 258 g/mol. The lowest BCUT2D eigenvalue weighted by atomic mass is 9.92. The Labute approximate surface area is 105 Å². The van der Waals surface area contributed by atoms with Crippen LogP contribution in [0.5, 0.6) is 0 Å². The van der Waals surface area contributed by atoms with Crippen molar-refractivity contribution in [3.05, 3.63) is 0 Å². The summed E-state index contributed by atoms with van der Waals surface area (Å²) < 4.78 is 0. The number of carboxylic acid groups (broad SMARTS) is 1. The molecule has 0 bridgehead atoms. The SMILES string of the molecule is CN(C(=O)N1CCSCC1C(=O)O)C1CCC1. The molecule has 5 nitrogen and oxygen atoms in total. The Bertz CT molecular complexity index is 320. The van der Waals surface area contributed by atoms with Gasteiger partial charge in [-0.1, -0.05) is 0 Å². The molecule has 0 aromatic carbocycles. The van der Waals surface area contributed by atoms with E-state index in [1.807, 2.05) is 0 Å². The zero-order valence-corrected chi connectivity index (χ0v) is 10.8. The van der Waals surface area contributed by atoms with E-state index >= 15 is 0 Å². The largest absolute Gasteiger partial charge is 0.480 e. The van der Waals surface area contributed by atoms with Gasteiger partial charge in [-0.2, -0.15) is 11.8 Å². The summed E-state index contributed by atoms with van der Waals surface area (Å²) >= 11 is 1.60. The number of amides is 2. The number of rotatable bonds is 2.